The van der Waals surface area contributed by atoms with Gasteiger partial charge in [0.15, 0.2) is 11.5 Å². The molecule has 1 aromatic heterocycles. The predicted octanol–water partition coefficient (Wildman–Crippen LogP) is 6.37. The van der Waals surface area contributed by atoms with E-state index < -0.39 is 5.60 Å². The van der Waals surface area contributed by atoms with Crippen LogP contribution in [0, 0.1) is 0 Å². The van der Waals surface area contributed by atoms with Crippen molar-refractivity contribution in [3.05, 3.63) is 71.8 Å². The van der Waals surface area contributed by atoms with Crippen molar-refractivity contribution in [1.29, 1.82) is 0 Å². The second-order valence-corrected chi connectivity index (χ2v) is 8.59. The van der Waals surface area contributed by atoms with Gasteiger partial charge in [-0.25, -0.2) is 0 Å². The molecule has 0 saturated carbocycles. The van der Waals surface area contributed by atoms with Crippen LogP contribution in [0.2, 0.25) is 0 Å². The minimum atomic E-state index is -0.551. The number of phenols is 1. The lowest BCUT2D eigenvalue weighted by Crippen LogP contribution is -2.29. The van der Waals surface area contributed by atoms with Gasteiger partial charge in [-0.1, -0.05) is 36.4 Å². The first-order chi connectivity index (χ1) is 13.5. The Hall–Kier alpha value is -2.98. The van der Waals surface area contributed by atoms with Crippen molar-refractivity contribution < 1.29 is 14.6 Å². The van der Waals surface area contributed by atoms with E-state index in [1.54, 1.807) is 24.5 Å². The number of phenolic OH excluding ortho intramolecular Hbond substituents is 1. The predicted molar refractivity (Wildman–Crippen MR) is 116 cm³/mol. The highest BCUT2D eigenvalue weighted by atomic mass is 32.1. The van der Waals surface area contributed by atoms with E-state index >= 15 is 0 Å². The Morgan fingerprint density at radius 3 is 2.54 bits per heavy atom. The van der Waals surface area contributed by atoms with Crippen LogP contribution in [0.5, 0.6) is 17.2 Å². The fourth-order valence-electron chi connectivity index (χ4n) is 3.93. The molecule has 0 fully saturated rings. The van der Waals surface area contributed by atoms with Crippen LogP contribution in [0.25, 0.3) is 25.7 Å². The van der Waals surface area contributed by atoms with E-state index in [0.29, 0.717) is 11.5 Å². The van der Waals surface area contributed by atoms with Gasteiger partial charge in [0.1, 0.15) is 5.60 Å². The maximum Gasteiger partial charge on any atom is 0.201 e. The summed E-state index contributed by atoms with van der Waals surface area (Å²) in [6.07, 6.45) is 2.14. The third-order valence-electron chi connectivity index (χ3n) is 5.16. The number of rotatable bonds is 2. The molecule has 0 amide bonds. The molecule has 28 heavy (non-hydrogen) atoms. The second kappa shape index (κ2) is 6.01. The first-order valence-corrected chi connectivity index (χ1v) is 10.0. The average molecular weight is 388 g/mol. The third kappa shape index (κ3) is 2.49. The van der Waals surface area contributed by atoms with E-state index in [1.807, 2.05) is 19.9 Å². The van der Waals surface area contributed by atoms with Crippen LogP contribution in [0.1, 0.15) is 25.0 Å². The van der Waals surface area contributed by atoms with Crippen molar-refractivity contribution in [3.8, 4) is 17.2 Å². The third-order valence-corrected chi connectivity index (χ3v) is 6.38. The molecule has 4 aromatic rings. The number of thiophene rings is 1. The molecule has 140 valence electrons. The van der Waals surface area contributed by atoms with E-state index in [-0.39, 0.29) is 5.75 Å². The minimum absolute atomic E-state index is 0.0437. The number of hydrogen-bond donors (Lipinski definition) is 1. The maximum atomic E-state index is 10.7. The van der Waals surface area contributed by atoms with Gasteiger partial charge in [0.2, 0.25) is 5.75 Å². The zero-order valence-electron chi connectivity index (χ0n) is 15.9. The highest BCUT2D eigenvalue weighted by Gasteiger charge is 2.31. The van der Waals surface area contributed by atoms with Gasteiger partial charge in [0.05, 0.1) is 7.11 Å². The van der Waals surface area contributed by atoms with Gasteiger partial charge in [0.25, 0.3) is 0 Å². The topological polar surface area (TPSA) is 38.7 Å². The van der Waals surface area contributed by atoms with Crippen molar-refractivity contribution in [2.45, 2.75) is 19.4 Å². The van der Waals surface area contributed by atoms with E-state index in [1.165, 1.54) is 20.2 Å². The summed E-state index contributed by atoms with van der Waals surface area (Å²) in [5, 5.41) is 13.2. The van der Waals surface area contributed by atoms with Gasteiger partial charge in [-0.05, 0) is 43.7 Å². The summed E-state index contributed by atoms with van der Waals surface area (Å²) in [6, 6.07) is 18.7. The number of benzene rings is 3. The fraction of sp³-hybridized carbons (Fsp3) is 0.167. The summed E-state index contributed by atoms with van der Waals surface area (Å²) in [4.78, 5) is 0. The van der Waals surface area contributed by atoms with Crippen molar-refractivity contribution in [2.24, 2.45) is 0 Å². The van der Waals surface area contributed by atoms with E-state index in [4.69, 9.17) is 9.47 Å². The molecule has 0 spiro atoms. The van der Waals surface area contributed by atoms with Crippen LogP contribution in [0.15, 0.2) is 60.7 Å². The van der Waals surface area contributed by atoms with Crippen LogP contribution in [-0.2, 0) is 0 Å². The minimum Gasteiger partial charge on any atom is -0.502 e. The van der Waals surface area contributed by atoms with Gasteiger partial charge in [-0.15, -0.1) is 11.3 Å². The second-order valence-electron chi connectivity index (χ2n) is 7.54. The first kappa shape index (κ1) is 17.1. The zero-order valence-corrected chi connectivity index (χ0v) is 16.8. The SMILES string of the molecule is COc1ccc2c(c1O)OC(C)(C)C=C2c1cccc2c1sc1ccccc12. The normalized spacial score (nSPS) is 15.2. The van der Waals surface area contributed by atoms with Crippen LogP contribution < -0.4 is 9.47 Å². The highest BCUT2D eigenvalue weighted by Crippen LogP contribution is 2.50. The molecule has 3 aromatic carbocycles. The summed E-state index contributed by atoms with van der Waals surface area (Å²) in [7, 11) is 1.55. The average Bonchev–Trinajstić information content (AvgIpc) is 3.06. The van der Waals surface area contributed by atoms with Gasteiger partial charge in [0, 0.05) is 31.3 Å². The van der Waals surface area contributed by atoms with Crippen LogP contribution in [0.4, 0.5) is 0 Å². The molecule has 4 heteroatoms. The zero-order chi connectivity index (χ0) is 19.5. The lowest BCUT2D eigenvalue weighted by Gasteiger charge is -2.32. The molecule has 1 N–H and O–H groups in total. The quantitative estimate of drug-likeness (QED) is 0.433. The molecule has 1 aliphatic heterocycles. The molecule has 0 aliphatic carbocycles. The van der Waals surface area contributed by atoms with Crippen molar-refractivity contribution in [3.63, 3.8) is 0 Å². The fourth-order valence-corrected chi connectivity index (χ4v) is 5.16. The molecule has 5 rings (SSSR count). The molecular weight excluding hydrogens is 368 g/mol. The lowest BCUT2D eigenvalue weighted by molar-refractivity contribution is 0.150. The van der Waals surface area contributed by atoms with E-state index in [0.717, 1.165) is 16.7 Å². The summed E-state index contributed by atoms with van der Waals surface area (Å²) in [6.45, 7) is 4.00. The van der Waals surface area contributed by atoms with Crippen LogP contribution in [0.3, 0.4) is 0 Å². The molecule has 3 nitrogen and oxygen atoms in total. The Morgan fingerprint density at radius 1 is 0.929 bits per heavy atom. The summed E-state index contributed by atoms with van der Waals surface area (Å²) in [5.74, 6) is 0.929. The molecular formula is C24H20O3S. The monoisotopic (exact) mass is 388 g/mol. The maximum absolute atomic E-state index is 10.7. The Labute approximate surface area is 167 Å². The van der Waals surface area contributed by atoms with Crippen molar-refractivity contribution >= 4 is 37.1 Å². The molecule has 0 bridgehead atoms. The van der Waals surface area contributed by atoms with Crippen molar-refractivity contribution in [1.82, 2.24) is 0 Å². The Balaban J connectivity index is 1.82. The largest absolute Gasteiger partial charge is 0.502 e. The molecule has 0 radical (unpaired) electrons. The number of ether oxygens (including phenoxy) is 2. The van der Waals surface area contributed by atoms with E-state index in [9.17, 15) is 5.11 Å². The smallest absolute Gasteiger partial charge is 0.201 e. The van der Waals surface area contributed by atoms with Crippen molar-refractivity contribution in [2.75, 3.05) is 7.11 Å². The first-order valence-electron chi connectivity index (χ1n) is 9.21. The Bertz CT molecular complexity index is 1260. The number of methoxy groups -OCH3 is 1. The summed E-state index contributed by atoms with van der Waals surface area (Å²) >= 11 is 1.80. The van der Waals surface area contributed by atoms with Crippen LogP contribution >= 0.6 is 11.3 Å². The van der Waals surface area contributed by atoms with E-state index in [2.05, 4.69) is 48.5 Å². The Kier molecular flexibility index (Phi) is 3.68. The van der Waals surface area contributed by atoms with Gasteiger partial charge in [-0.3, -0.25) is 0 Å². The number of hydrogen-bond acceptors (Lipinski definition) is 4. The molecule has 0 saturated heterocycles. The molecule has 2 heterocycles. The van der Waals surface area contributed by atoms with Gasteiger partial charge >= 0.3 is 0 Å². The van der Waals surface area contributed by atoms with Gasteiger partial charge in [-0.2, -0.15) is 0 Å². The number of aromatic hydroxyl groups is 1. The van der Waals surface area contributed by atoms with Crippen LogP contribution in [-0.4, -0.2) is 17.8 Å². The molecule has 0 atom stereocenters. The summed E-state index contributed by atoms with van der Waals surface area (Å²) < 4.78 is 13.9. The van der Waals surface area contributed by atoms with Gasteiger partial charge < -0.3 is 14.6 Å². The Morgan fingerprint density at radius 2 is 1.71 bits per heavy atom. The highest BCUT2D eigenvalue weighted by molar-refractivity contribution is 7.26. The molecule has 0 unspecified atom stereocenters. The lowest BCUT2D eigenvalue weighted by atomic mass is 9.89. The summed E-state index contributed by atoms with van der Waals surface area (Å²) in [5.41, 5.74) is 2.55. The standard InChI is InChI=1S/C24H20O3S/c1-24(2)13-18(15-11-12-19(26-3)21(25)22(15)27-24)17-9-6-8-16-14-7-4-5-10-20(14)28-23(16)17/h4-13,25H,1-3H3. The molecule has 1 aliphatic rings. The number of fused-ring (bicyclic) bond motifs is 4.